The molecule has 0 fully saturated rings. The third-order valence-corrected chi connectivity index (χ3v) is 2.56. The van der Waals surface area contributed by atoms with Gasteiger partial charge >= 0.3 is 0 Å². The van der Waals surface area contributed by atoms with E-state index in [4.69, 9.17) is 5.73 Å². The van der Waals surface area contributed by atoms with Crippen LogP contribution in [0.5, 0.6) is 0 Å². The first-order chi connectivity index (χ1) is 7.32. The van der Waals surface area contributed by atoms with Gasteiger partial charge in [-0.3, -0.25) is 9.69 Å². The zero-order valence-electron chi connectivity index (χ0n) is 11.3. The molecule has 0 bridgehead atoms. The molecule has 0 rings (SSSR count). The first-order valence-electron chi connectivity index (χ1n) is 6.06. The van der Waals surface area contributed by atoms with Crippen LogP contribution in [0.25, 0.3) is 0 Å². The Balaban J connectivity index is 3.73. The van der Waals surface area contributed by atoms with E-state index in [9.17, 15) is 4.79 Å². The Morgan fingerprint density at radius 1 is 1.31 bits per heavy atom. The van der Waals surface area contributed by atoms with E-state index in [2.05, 4.69) is 19.2 Å². The van der Waals surface area contributed by atoms with Gasteiger partial charge in [0.25, 0.3) is 0 Å². The van der Waals surface area contributed by atoms with E-state index >= 15 is 0 Å². The SMILES string of the molecule is CC(C)NC(=O)CN(C)CCC(N)C(C)C. The molecule has 1 atom stereocenters. The highest BCUT2D eigenvalue weighted by atomic mass is 16.2. The Morgan fingerprint density at radius 2 is 1.88 bits per heavy atom. The van der Waals surface area contributed by atoms with Crippen molar-refractivity contribution in [3.05, 3.63) is 0 Å². The molecular formula is C12H27N3O. The topological polar surface area (TPSA) is 58.4 Å². The number of hydrogen-bond donors (Lipinski definition) is 2. The van der Waals surface area contributed by atoms with Crippen molar-refractivity contribution in [3.63, 3.8) is 0 Å². The number of rotatable bonds is 7. The molecule has 16 heavy (non-hydrogen) atoms. The molecule has 0 aromatic carbocycles. The molecule has 0 spiro atoms. The first-order valence-corrected chi connectivity index (χ1v) is 6.06. The molecular weight excluding hydrogens is 202 g/mol. The highest BCUT2D eigenvalue weighted by Crippen LogP contribution is 2.03. The Labute approximate surface area is 99.6 Å². The fraction of sp³-hybridized carbons (Fsp3) is 0.917. The minimum Gasteiger partial charge on any atom is -0.353 e. The summed E-state index contributed by atoms with van der Waals surface area (Å²) in [5, 5.41) is 2.87. The number of nitrogens with two attached hydrogens (primary N) is 1. The largest absolute Gasteiger partial charge is 0.353 e. The minimum absolute atomic E-state index is 0.0793. The van der Waals surface area contributed by atoms with Crippen molar-refractivity contribution in [2.45, 2.75) is 46.2 Å². The third-order valence-electron chi connectivity index (χ3n) is 2.56. The second kappa shape index (κ2) is 7.63. The van der Waals surface area contributed by atoms with E-state index in [-0.39, 0.29) is 18.0 Å². The molecule has 0 aliphatic heterocycles. The number of carbonyl (C=O) groups is 1. The van der Waals surface area contributed by atoms with Crippen LogP contribution in [0.2, 0.25) is 0 Å². The average molecular weight is 229 g/mol. The van der Waals surface area contributed by atoms with Gasteiger partial charge in [-0.25, -0.2) is 0 Å². The van der Waals surface area contributed by atoms with E-state index < -0.39 is 0 Å². The Hall–Kier alpha value is -0.610. The Bertz CT molecular complexity index is 204. The zero-order chi connectivity index (χ0) is 12.7. The predicted octanol–water partition coefficient (Wildman–Crippen LogP) is 0.816. The molecule has 1 unspecified atom stereocenters. The maximum atomic E-state index is 11.5. The number of nitrogens with one attached hydrogen (secondary N) is 1. The third kappa shape index (κ3) is 7.65. The van der Waals surface area contributed by atoms with Gasteiger partial charge < -0.3 is 11.1 Å². The normalized spacial score (nSPS) is 13.6. The maximum Gasteiger partial charge on any atom is 0.234 e. The van der Waals surface area contributed by atoms with Gasteiger partial charge in [0.15, 0.2) is 0 Å². The van der Waals surface area contributed by atoms with E-state index in [1.807, 2.05) is 25.8 Å². The summed E-state index contributed by atoms with van der Waals surface area (Å²) >= 11 is 0. The summed E-state index contributed by atoms with van der Waals surface area (Å²) in [6.07, 6.45) is 0.934. The second-order valence-electron chi connectivity index (χ2n) is 5.16. The fourth-order valence-electron chi connectivity index (χ4n) is 1.39. The maximum absolute atomic E-state index is 11.5. The van der Waals surface area contributed by atoms with Crippen LogP contribution in [-0.2, 0) is 4.79 Å². The van der Waals surface area contributed by atoms with Crippen LogP contribution >= 0.6 is 0 Å². The molecule has 96 valence electrons. The van der Waals surface area contributed by atoms with Crippen molar-refractivity contribution in [3.8, 4) is 0 Å². The highest BCUT2D eigenvalue weighted by molar-refractivity contribution is 5.78. The molecule has 1 amide bonds. The summed E-state index contributed by atoms with van der Waals surface area (Å²) in [6, 6.07) is 0.425. The first kappa shape index (κ1) is 15.4. The summed E-state index contributed by atoms with van der Waals surface area (Å²) in [6.45, 7) is 9.49. The number of carbonyl (C=O) groups excluding carboxylic acids is 1. The molecule has 0 radical (unpaired) electrons. The summed E-state index contributed by atoms with van der Waals surface area (Å²) < 4.78 is 0. The van der Waals surface area contributed by atoms with Gasteiger partial charge in [-0.2, -0.15) is 0 Å². The molecule has 4 heteroatoms. The number of likely N-dealkylation sites (N-methyl/N-ethyl adjacent to an activating group) is 1. The van der Waals surface area contributed by atoms with Crippen molar-refractivity contribution in [2.75, 3.05) is 20.1 Å². The number of hydrogen-bond acceptors (Lipinski definition) is 3. The molecule has 0 saturated carbocycles. The molecule has 0 heterocycles. The summed E-state index contributed by atoms with van der Waals surface area (Å²) in [5.74, 6) is 0.577. The number of amides is 1. The minimum atomic E-state index is 0.0793. The van der Waals surface area contributed by atoms with E-state index in [0.717, 1.165) is 13.0 Å². The van der Waals surface area contributed by atoms with Crippen molar-refractivity contribution >= 4 is 5.91 Å². The van der Waals surface area contributed by atoms with Crippen LogP contribution in [0.15, 0.2) is 0 Å². The molecule has 0 saturated heterocycles. The highest BCUT2D eigenvalue weighted by Gasteiger charge is 2.11. The predicted molar refractivity (Wildman–Crippen MR) is 68.2 cm³/mol. The fourth-order valence-corrected chi connectivity index (χ4v) is 1.39. The average Bonchev–Trinajstić information content (AvgIpc) is 2.12. The molecule has 0 aromatic heterocycles. The van der Waals surface area contributed by atoms with E-state index in [0.29, 0.717) is 12.5 Å². The summed E-state index contributed by atoms with van der Waals surface area (Å²) in [7, 11) is 1.95. The van der Waals surface area contributed by atoms with E-state index in [1.165, 1.54) is 0 Å². The van der Waals surface area contributed by atoms with Crippen LogP contribution in [0.4, 0.5) is 0 Å². The lowest BCUT2D eigenvalue weighted by molar-refractivity contribution is -0.122. The monoisotopic (exact) mass is 229 g/mol. The van der Waals surface area contributed by atoms with Crippen molar-refractivity contribution in [1.82, 2.24) is 10.2 Å². The molecule has 3 N–H and O–H groups in total. The van der Waals surface area contributed by atoms with Crippen LogP contribution in [0.1, 0.15) is 34.1 Å². The van der Waals surface area contributed by atoms with Gasteiger partial charge in [0.05, 0.1) is 6.54 Å². The summed E-state index contributed by atoms with van der Waals surface area (Å²) in [4.78, 5) is 13.5. The standard InChI is InChI=1S/C12H27N3O/c1-9(2)11(13)6-7-15(5)8-12(16)14-10(3)4/h9-11H,6-8,13H2,1-5H3,(H,14,16). The van der Waals surface area contributed by atoms with Gasteiger partial charge in [-0.05, 0) is 39.8 Å². The lowest BCUT2D eigenvalue weighted by Crippen LogP contribution is -2.40. The van der Waals surface area contributed by atoms with Crippen molar-refractivity contribution in [2.24, 2.45) is 11.7 Å². The molecule has 0 aliphatic carbocycles. The van der Waals surface area contributed by atoms with Crippen LogP contribution in [0.3, 0.4) is 0 Å². The molecule has 4 nitrogen and oxygen atoms in total. The number of nitrogens with zero attached hydrogens (tertiary/aromatic N) is 1. The van der Waals surface area contributed by atoms with Gasteiger partial charge in [0.1, 0.15) is 0 Å². The molecule has 0 aliphatic rings. The lowest BCUT2D eigenvalue weighted by Gasteiger charge is -2.21. The van der Waals surface area contributed by atoms with Crippen LogP contribution < -0.4 is 11.1 Å². The van der Waals surface area contributed by atoms with E-state index in [1.54, 1.807) is 0 Å². The Morgan fingerprint density at radius 3 is 2.31 bits per heavy atom. The van der Waals surface area contributed by atoms with Crippen LogP contribution in [-0.4, -0.2) is 43.0 Å². The van der Waals surface area contributed by atoms with Gasteiger partial charge in [-0.15, -0.1) is 0 Å². The second-order valence-corrected chi connectivity index (χ2v) is 5.16. The van der Waals surface area contributed by atoms with Crippen molar-refractivity contribution < 1.29 is 4.79 Å². The van der Waals surface area contributed by atoms with Crippen molar-refractivity contribution in [1.29, 1.82) is 0 Å². The zero-order valence-corrected chi connectivity index (χ0v) is 11.3. The van der Waals surface area contributed by atoms with Gasteiger partial charge in [0.2, 0.25) is 5.91 Å². The van der Waals surface area contributed by atoms with Crippen LogP contribution in [0, 0.1) is 5.92 Å². The summed E-state index contributed by atoms with van der Waals surface area (Å²) in [5.41, 5.74) is 5.95. The van der Waals surface area contributed by atoms with Gasteiger partial charge in [-0.1, -0.05) is 13.8 Å². The van der Waals surface area contributed by atoms with Gasteiger partial charge in [0, 0.05) is 12.1 Å². The quantitative estimate of drug-likeness (QED) is 0.679. The molecule has 0 aromatic rings. The smallest absolute Gasteiger partial charge is 0.234 e. The lowest BCUT2D eigenvalue weighted by atomic mass is 10.0. The Kier molecular flexibility index (Phi) is 7.34.